The first-order valence-electron chi connectivity index (χ1n) is 8.89. The smallest absolute Gasteiger partial charge is 0.259 e. The number of anilines is 1. The van der Waals surface area contributed by atoms with E-state index in [4.69, 9.17) is 4.55 Å². The number of nitrogens with zero attached hydrogens (tertiary/aromatic N) is 2. The lowest BCUT2D eigenvalue weighted by molar-refractivity contribution is 0.0473. The van der Waals surface area contributed by atoms with E-state index in [1.54, 1.807) is 17.0 Å². The molecule has 3 rings (SSSR count). The lowest BCUT2D eigenvalue weighted by atomic mass is 10.1. The molecule has 1 fully saturated rings. The first-order chi connectivity index (χ1) is 13.7. The Morgan fingerprint density at radius 1 is 1.14 bits per heavy atom. The van der Waals surface area contributed by atoms with Crippen molar-refractivity contribution < 1.29 is 26.7 Å². The highest BCUT2D eigenvalue weighted by Gasteiger charge is 2.28. The number of hydrogen-bond acceptors (Lipinski definition) is 3. The summed E-state index contributed by atoms with van der Waals surface area (Å²) in [5, 5.41) is 0. The Balaban J connectivity index is 1.63. The Bertz CT molecular complexity index is 927. The van der Waals surface area contributed by atoms with Gasteiger partial charge in [-0.2, -0.15) is 0 Å². The van der Waals surface area contributed by atoms with Crippen molar-refractivity contribution in [3.63, 3.8) is 0 Å². The highest BCUT2D eigenvalue weighted by Crippen LogP contribution is 2.20. The van der Waals surface area contributed by atoms with Gasteiger partial charge in [-0.25, -0.2) is 17.4 Å². The Kier molecular flexibility index (Phi) is 6.56. The molecule has 0 bridgehead atoms. The van der Waals surface area contributed by atoms with Crippen LogP contribution in [0.5, 0.6) is 0 Å². The standard InChI is InChI=1S/C19H20F3N3O3S/c1-12-10-24(11-14-8-17(21)18(22)9-16(14)20)6-7-25(12)19(26)13-2-4-15(5-3-13)23-29(27)28/h2-5,8-9,12,23H,6-7,10-11H2,1H3,(H,27,28). The molecule has 0 saturated carbocycles. The summed E-state index contributed by atoms with van der Waals surface area (Å²) in [6.07, 6.45) is 0. The molecule has 29 heavy (non-hydrogen) atoms. The molecule has 0 radical (unpaired) electrons. The zero-order chi connectivity index (χ0) is 21.1. The number of nitrogens with one attached hydrogen (secondary N) is 1. The Morgan fingerprint density at radius 3 is 2.41 bits per heavy atom. The molecule has 0 aromatic heterocycles. The average molecular weight is 427 g/mol. The Labute approximate surface area is 168 Å². The second-order valence-corrected chi connectivity index (χ2v) is 7.57. The van der Waals surface area contributed by atoms with Gasteiger partial charge in [-0.05, 0) is 37.3 Å². The van der Waals surface area contributed by atoms with Crippen LogP contribution in [-0.4, -0.2) is 50.1 Å². The number of halogens is 3. The maximum absolute atomic E-state index is 13.9. The van der Waals surface area contributed by atoms with Crippen molar-refractivity contribution in [1.82, 2.24) is 9.80 Å². The molecule has 10 heteroatoms. The van der Waals surface area contributed by atoms with Crippen LogP contribution >= 0.6 is 0 Å². The summed E-state index contributed by atoms with van der Waals surface area (Å²) in [4.78, 5) is 16.3. The monoisotopic (exact) mass is 427 g/mol. The van der Waals surface area contributed by atoms with Crippen LogP contribution < -0.4 is 4.72 Å². The molecule has 1 aliphatic rings. The van der Waals surface area contributed by atoms with Gasteiger partial charge >= 0.3 is 0 Å². The quantitative estimate of drug-likeness (QED) is 0.569. The van der Waals surface area contributed by atoms with Crippen molar-refractivity contribution in [1.29, 1.82) is 0 Å². The van der Waals surface area contributed by atoms with Gasteiger partial charge in [0.25, 0.3) is 17.2 Å². The van der Waals surface area contributed by atoms with E-state index in [9.17, 15) is 22.2 Å². The van der Waals surface area contributed by atoms with Crippen LogP contribution in [0.4, 0.5) is 18.9 Å². The number of hydrogen-bond donors (Lipinski definition) is 2. The van der Waals surface area contributed by atoms with Crippen molar-refractivity contribution in [2.75, 3.05) is 24.4 Å². The van der Waals surface area contributed by atoms with Crippen molar-refractivity contribution in [2.45, 2.75) is 19.5 Å². The number of piperazine rings is 1. The molecule has 1 saturated heterocycles. The van der Waals surface area contributed by atoms with E-state index in [1.807, 2.05) is 11.8 Å². The van der Waals surface area contributed by atoms with E-state index in [-0.39, 0.29) is 24.1 Å². The first kappa shape index (κ1) is 21.3. The number of benzene rings is 2. The van der Waals surface area contributed by atoms with Crippen LogP contribution in [-0.2, 0) is 17.8 Å². The van der Waals surface area contributed by atoms with Gasteiger partial charge in [0.05, 0.1) is 0 Å². The fourth-order valence-electron chi connectivity index (χ4n) is 3.35. The summed E-state index contributed by atoms with van der Waals surface area (Å²) in [5.41, 5.74) is 0.917. The zero-order valence-corrected chi connectivity index (χ0v) is 16.4. The summed E-state index contributed by atoms with van der Waals surface area (Å²) in [6, 6.07) is 7.43. The summed E-state index contributed by atoms with van der Waals surface area (Å²) in [6.45, 7) is 3.28. The second-order valence-electron chi connectivity index (χ2n) is 6.87. The molecule has 1 heterocycles. The fourth-order valence-corrected chi connectivity index (χ4v) is 3.69. The van der Waals surface area contributed by atoms with E-state index in [0.717, 1.165) is 6.07 Å². The van der Waals surface area contributed by atoms with Gasteiger partial charge < -0.3 is 4.90 Å². The number of carbonyl (C=O) groups is 1. The lowest BCUT2D eigenvalue weighted by Gasteiger charge is -2.40. The van der Waals surface area contributed by atoms with Crippen LogP contribution in [0, 0.1) is 17.5 Å². The van der Waals surface area contributed by atoms with Gasteiger partial charge in [0.2, 0.25) is 0 Å². The SMILES string of the molecule is CC1CN(Cc2cc(F)c(F)cc2F)CCN1C(=O)c1ccc(NS(=O)O)cc1. The van der Waals surface area contributed by atoms with Crippen LogP contribution in [0.3, 0.4) is 0 Å². The van der Waals surface area contributed by atoms with Crippen molar-refractivity contribution in [3.05, 3.63) is 65.0 Å². The summed E-state index contributed by atoms with van der Waals surface area (Å²) in [7, 11) is 0. The van der Waals surface area contributed by atoms with Gasteiger partial charge in [0.15, 0.2) is 11.6 Å². The second kappa shape index (κ2) is 8.93. The third-order valence-corrected chi connectivity index (χ3v) is 5.20. The molecule has 2 unspecified atom stereocenters. The van der Waals surface area contributed by atoms with E-state index in [0.29, 0.717) is 37.0 Å². The third kappa shape index (κ3) is 5.14. The molecule has 1 aliphatic heterocycles. The van der Waals surface area contributed by atoms with E-state index in [2.05, 4.69) is 4.72 Å². The average Bonchev–Trinajstić information content (AvgIpc) is 2.66. The fraction of sp³-hybridized carbons (Fsp3) is 0.316. The lowest BCUT2D eigenvalue weighted by Crippen LogP contribution is -2.53. The van der Waals surface area contributed by atoms with E-state index < -0.39 is 28.7 Å². The highest BCUT2D eigenvalue weighted by molar-refractivity contribution is 7.80. The number of rotatable bonds is 5. The van der Waals surface area contributed by atoms with E-state index in [1.165, 1.54) is 12.1 Å². The topological polar surface area (TPSA) is 72.9 Å². The molecule has 1 amide bonds. The molecule has 2 N–H and O–H groups in total. The first-order valence-corrected chi connectivity index (χ1v) is 9.99. The Morgan fingerprint density at radius 2 is 1.79 bits per heavy atom. The van der Waals surface area contributed by atoms with Gasteiger partial charge in [-0.3, -0.25) is 19.0 Å². The van der Waals surface area contributed by atoms with Gasteiger partial charge in [0, 0.05) is 55.1 Å². The zero-order valence-electron chi connectivity index (χ0n) is 15.6. The number of carbonyl (C=O) groups excluding carboxylic acids is 1. The van der Waals surface area contributed by atoms with Gasteiger partial charge in [-0.15, -0.1) is 0 Å². The minimum Gasteiger partial charge on any atom is -0.333 e. The maximum atomic E-state index is 13.9. The van der Waals surface area contributed by atoms with Crippen LogP contribution in [0.2, 0.25) is 0 Å². The maximum Gasteiger partial charge on any atom is 0.259 e. The normalized spacial score (nSPS) is 18.5. The molecule has 2 aromatic rings. The van der Waals surface area contributed by atoms with Gasteiger partial charge in [-0.1, -0.05) is 0 Å². The molecular weight excluding hydrogens is 407 g/mol. The largest absolute Gasteiger partial charge is 0.333 e. The minimum atomic E-state index is -2.19. The molecule has 6 nitrogen and oxygen atoms in total. The predicted octanol–water partition coefficient (Wildman–Crippen LogP) is 3.00. The molecular formula is C19H20F3N3O3S. The Hall–Kier alpha value is -2.43. The van der Waals surface area contributed by atoms with E-state index >= 15 is 0 Å². The van der Waals surface area contributed by atoms with Gasteiger partial charge in [0.1, 0.15) is 5.82 Å². The predicted molar refractivity (Wildman–Crippen MR) is 103 cm³/mol. The number of amides is 1. The van der Waals surface area contributed by atoms with Crippen LogP contribution in [0.25, 0.3) is 0 Å². The molecule has 2 atom stereocenters. The minimum absolute atomic E-state index is 0.0697. The van der Waals surface area contributed by atoms with Crippen molar-refractivity contribution in [3.8, 4) is 0 Å². The van der Waals surface area contributed by atoms with Crippen molar-refractivity contribution in [2.24, 2.45) is 0 Å². The molecule has 156 valence electrons. The third-order valence-electron chi connectivity index (χ3n) is 4.79. The summed E-state index contributed by atoms with van der Waals surface area (Å²) < 4.78 is 62.2. The van der Waals surface area contributed by atoms with Crippen LogP contribution in [0.1, 0.15) is 22.8 Å². The summed E-state index contributed by atoms with van der Waals surface area (Å²) in [5.74, 6) is -3.30. The van der Waals surface area contributed by atoms with Crippen LogP contribution in [0.15, 0.2) is 36.4 Å². The summed E-state index contributed by atoms with van der Waals surface area (Å²) >= 11 is -2.19. The molecule has 2 aromatic carbocycles. The molecule has 0 aliphatic carbocycles. The van der Waals surface area contributed by atoms with Crippen molar-refractivity contribution >= 4 is 22.9 Å². The highest BCUT2D eigenvalue weighted by atomic mass is 32.2. The molecule has 0 spiro atoms.